The fourth-order valence-corrected chi connectivity index (χ4v) is 2.95. The van der Waals surface area contributed by atoms with Crippen LogP contribution in [0.2, 0.25) is 9.36 Å². The van der Waals surface area contributed by atoms with Crippen LogP contribution < -0.4 is 5.32 Å². The van der Waals surface area contributed by atoms with Gasteiger partial charge in [0.2, 0.25) is 5.89 Å². The lowest BCUT2D eigenvalue weighted by atomic mass is 10.2. The van der Waals surface area contributed by atoms with E-state index in [1.165, 1.54) is 11.3 Å². The number of carbonyl (C=O) groups is 1. The smallest absolute Gasteiger partial charge is 0.322 e. The van der Waals surface area contributed by atoms with Crippen LogP contribution in [0.4, 0.5) is 6.01 Å². The zero-order valence-corrected chi connectivity index (χ0v) is 13.4. The van der Waals surface area contributed by atoms with Gasteiger partial charge in [0, 0.05) is 15.5 Å². The van der Waals surface area contributed by atoms with Crippen molar-refractivity contribution in [1.29, 1.82) is 0 Å². The molecule has 0 fully saturated rings. The van der Waals surface area contributed by atoms with Gasteiger partial charge in [-0.05, 0) is 36.4 Å². The van der Waals surface area contributed by atoms with Gasteiger partial charge in [-0.2, -0.15) is 0 Å². The summed E-state index contributed by atoms with van der Waals surface area (Å²) in [5, 5.41) is 10.8. The number of nitrogens with zero attached hydrogens (tertiary/aromatic N) is 2. The number of carbonyl (C=O) groups excluding carboxylic acids is 1. The predicted molar refractivity (Wildman–Crippen MR) is 85.8 cm³/mol. The lowest BCUT2D eigenvalue weighted by Crippen LogP contribution is -2.11. The maximum Gasteiger partial charge on any atom is 0.322 e. The molecule has 2 heterocycles. The van der Waals surface area contributed by atoms with Crippen molar-refractivity contribution in [3.63, 3.8) is 0 Å². The Morgan fingerprint density at radius 1 is 1.14 bits per heavy atom. The number of anilines is 1. The summed E-state index contributed by atoms with van der Waals surface area (Å²) in [5.41, 5.74) is 0.453. The van der Waals surface area contributed by atoms with E-state index in [1.807, 2.05) is 6.07 Å². The number of halogens is 2. The summed E-state index contributed by atoms with van der Waals surface area (Å²) in [7, 11) is 0. The highest BCUT2D eigenvalue weighted by atomic mass is 35.5. The van der Waals surface area contributed by atoms with Crippen molar-refractivity contribution in [3.8, 4) is 0 Å². The average molecular weight is 354 g/mol. The average Bonchev–Trinajstić information content (AvgIpc) is 3.09. The highest BCUT2D eigenvalue weighted by Gasteiger charge is 2.12. The topological polar surface area (TPSA) is 68.0 Å². The monoisotopic (exact) mass is 353 g/mol. The second-order valence-electron chi connectivity index (χ2n) is 4.34. The zero-order chi connectivity index (χ0) is 15.5. The maximum atomic E-state index is 12.0. The van der Waals surface area contributed by atoms with Crippen molar-refractivity contribution in [1.82, 2.24) is 10.2 Å². The van der Waals surface area contributed by atoms with Gasteiger partial charge >= 0.3 is 6.01 Å². The molecule has 1 amide bonds. The van der Waals surface area contributed by atoms with Gasteiger partial charge in [0.25, 0.3) is 5.91 Å². The van der Waals surface area contributed by atoms with Gasteiger partial charge in [0.1, 0.15) is 0 Å². The summed E-state index contributed by atoms with van der Waals surface area (Å²) in [6, 6.07) is 10.2. The molecule has 0 unspecified atom stereocenters. The standard InChI is InChI=1S/C14H9Cl2N3O2S/c15-9-3-1-8(2-4-9)13(20)17-14-19-18-12(21-14)7-10-5-6-11(16)22-10/h1-6H,7H2,(H,17,19,20). The van der Waals surface area contributed by atoms with Crippen molar-refractivity contribution in [3.05, 3.63) is 62.1 Å². The van der Waals surface area contributed by atoms with E-state index in [-0.39, 0.29) is 11.9 Å². The molecule has 0 radical (unpaired) electrons. The Bertz CT molecular complexity index is 799. The molecule has 3 rings (SSSR count). The minimum absolute atomic E-state index is 0.0533. The van der Waals surface area contributed by atoms with E-state index in [0.717, 1.165) is 4.88 Å². The molecule has 0 spiro atoms. The lowest BCUT2D eigenvalue weighted by Gasteiger charge is -2.00. The van der Waals surface area contributed by atoms with Gasteiger partial charge in [-0.15, -0.1) is 16.4 Å². The van der Waals surface area contributed by atoms with Crippen LogP contribution in [-0.4, -0.2) is 16.1 Å². The van der Waals surface area contributed by atoms with Crippen LogP contribution in [-0.2, 0) is 6.42 Å². The first-order valence-corrected chi connectivity index (χ1v) is 7.81. The summed E-state index contributed by atoms with van der Waals surface area (Å²) in [6.07, 6.45) is 0.473. The number of rotatable bonds is 4. The molecule has 112 valence electrons. The molecule has 3 aromatic rings. The molecule has 2 aromatic heterocycles. The van der Waals surface area contributed by atoms with Crippen LogP contribution in [0.3, 0.4) is 0 Å². The first kappa shape index (κ1) is 15.0. The van der Waals surface area contributed by atoms with Crippen LogP contribution in [0.5, 0.6) is 0 Å². The fourth-order valence-electron chi connectivity index (χ4n) is 1.74. The number of hydrogen-bond donors (Lipinski definition) is 1. The second-order valence-corrected chi connectivity index (χ2v) is 6.58. The van der Waals surface area contributed by atoms with Crippen molar-refractivity contribution >= 4 is 46.5 Å². The molecule has 0 saturated heterocycles. The minimum Gasteiger partial charge on any atom is -0.407 e. The molecular weight excluding hydrogens is 345 g/mol. The summed E-state index contributed by atoms with van der Waals surface area (Å²) in [4.78, 5) is 13.0. The van der Waals surface area contributed by atoms with Crippen LogP contribution in [0.15, 0.2) is 40.8 Å². The molecule has 0 atom stereocenters. The van der Waals surface area contributed by atoms with E-state index in [4.69, 9.17) is 27.6 Å². The molecule has 0 bridgehead atoms. The van der Waals surface area contributed by atoms with Gasteiger partial charge < -0.3 is 4.42 Å². The molecule has 0 aliphatic heterocycles. The summed E-state index contributed by atoms with van der Waals surface area (Å²) in [6.45, 7) is 0. The van der Waals surface area contributed by atoms with Gasteiger partial charge in [0.15, 0.2) is 0 Å². The molecule has 22 heavy (non-hydrogen) atoms. The van der Waals surface area contributed by atoms with Crippen molar-refractivity contribution in [2.45, 2.75) is 6.42 Å². The van der Waals surface area contributed by atoms with Crippen LogP contribution in [0.25, 0.3) is 0 Å². The molecule has 0 aliphatic rings. The molecular formula is C14H9Cl2N3O2S. The largest absolute Gasteiger partial charge is 0.407 e. The fraction of sp³-hybridized carbons (Fsp3) is 0.0714. The van der Waals surface area contributed by atoms with E-state index < -0.39 is 0 Å². The third kappa shape index (κ3) is 3.65. The number of thiophene rings is 1. The second kappa shape index (κ2) is 6.48. The third-order valence-electron chi connectivity index (χ3n) is 2.75. The minimum atomic E-state index is -0.342. The first-order chi connectivity index (χ1) is 10.6. The van der Waals surface area contributed by atoms with Crippen molar-refractivity contribution in [2.24, 2.45) is 0 Å². The van der Waals surface area contributed by atoms with Gasteiger partial charge in [-0.25, -0.2) is 0 Å². The van der Waals surface area contributed by atoms with Crippen LogP contribution in [0.1, 0.15) is 21.1 Å². The van der Waals surface area contributed by atoms with Crippen molar-refractivity contribution < 1.29 is 9.21 Å². The Kier molecular flexibility index (Phi) is 4.42. The van der Waals surface area contributed by atoms with Gasteiger partial charge in [-0.3, -0.25) is 10.1 Å². The van der Waals surface area contributed by atoms with Gasteiger partial charge in [-0.1, -0.05) is 28.3 Å². The predicted octanol–water partition coefficient (Wildman–Crippen LogP) is 4.28. The Morgan fingerprint density at radius 3 is 2.59 bits per heavy atom. The van der Waals surface area contributed by atoms with E-state index >= 15 is 0 Å². The van der Waals surface area contributed by atoms with E-state index in [1.54, 1.807) is 30.3 Å². The van der Waals surface area contributed by atoms with Crippen LogP contribution in [0, 0.1) is 0 Å². The summed E-state index contributed by atoms with van der Waals surface area (Å²) < 4.78 is 6.10. The number of aromatic nitrogens is 2. The molecule has 1 aromatic carbocycles. The Balaban J connectivity index is 1.66. The molecule has 8 heteroatoms. The number of nitrogens with one attached hydrogen (secondary N) is 1. The van der Waals surface area contributed by atoms with E-state index in [2.05, 4.69) is 15.5 Å². The molecule has 1 N–H and O–H groups in total. The number of hydrogen-bond acceptors (Lipinski definition) is 5. The highest BCUT2D eigenvalue weighted by Crippen LogP contribution is 2.24. The lowest BCUT2D eigenvalue weighted by molar-refractivity contribution is 0.102. The number of amides is 1. The normalized spacial score (nSPS) is 10.6. The SMILES string of the molecule is O=C(Nc1nnc(Cc2ccc(Cl)s2)o1)c1ccc(Cl)cc1. The summed E-state index contributed by atoms with van der Waals surface area (Å²) in [5.74, 6) is 0.0657. The molecule has 0 aliphatic carbocycles. The maximum absolute atomic E-state index is 12.0. The molecule has 0 saturated carbocycles. The summed E-state index contributed by atoms with van der Waals surface area (Å²) >= 11 is 13.1. The Labute approximate surface area is 139 Å². The first-order valence-electron chi connectivity index (χ1n) is 6.23. The Hall–Kier alpha value is -1.89. The third-order valence-corrected chi connectivity index (χ3v) is 4.23. The molecule has 5 nitrogen and oxygen atoms in total. The van der Waals surface area contributed by atoms with E-state index in [0.29, 0.717) is 27.2 Å². The highest BCUT2D eigenvalue weighted by molar-refractivity contribution is 7.16. The van der Waals surface area contributed by atoms with Crippen LogP contribution >= 0.6 is 34.5 Å². The van der Waals surface area contributed by atoms with Crippen molar-refractivity contribution in [2.75, 3.05) is 5.32 Å². The Morgan fingerprint density at radius 2 is 1.91 bits per heavy atom. The zero-order valence-electron chi connectivity index (χ0n) is 11.0. The number of benzene rings is 1. The van der Waals surface area contributed by atoms with E-state index in [9.17, 15) is 4.79 Å². The quantitative estimate of drug-likeness (QED) is 0.759. The van der Waals surface area contributed by atoms with Gasteiger partial charge in [0.05, 0.1) is 10.8 Å².